The summed E-state index contributed by atoms with van der Waals surface area (Å²) in [7, 11) is 1.59. The minimum Gasteiger partial charge on any atom is -0.467 e. The van der Waals surface area contributed by atoms with E-state index in [1.807, 2.05) is 36.4 Å². The fourth-order valence-electron chi connectivity index (χ4n) is 1.99. The van der Waals surface area contributed by atoms with E-state index in [1.165, 1.54) is 5.56 Å². The predicted molar refractivity (Wildman–Crippen MR) is 80.0 cm³/mol. The van der Waals surface area contributed by atoms with Gasteiger partial charge in [0.05, 0.1) is 12.8 Å². The first-order valence-electron chi connectivity index (χ1n) is 6.91. The minimum atomic E-state index is -0.278. The Morgan fingerprint density at radius 3 is 2.67 bits per heavy atom. The fourth-order valence-corrected chi connectivity index (χ4v) is 1.99. The number of methoxy groups -OCH3 is 1. The monoisotopic (exact) mass is 288 g/mol. The van der Waals surface area contributed by atoms with Crippen molar-refractivity contribution >= 4 is 6.03 Å². The van der Waals surface area contributed by atoms with Crippen LogP contribution in [0, 0.1) is 0 Å². The van der Waals surface area contributed by atoms with Crippen molar-refractivity contribution in [1.29, 1.82) is 0 Å². The number of ether oxygens (including phenoxy) is 1. The second-order valence-corrected chi connectivity index (χ2v) is 4.61. The second-order valence-electron chi connectivity index (χ2n) is 4.61. The Bertz CT molecular complexity index is 526. The van der Waals surface area contributed by atoms with E-state index in [0.717, 1.165) is 6.42 Å². The van der Waals surface area contributed by atoms with Crippen molar-refractivity contribution in [2.24, 2.45) is 0 Å². The Kier molecular flexibility index (Phi) is 5.84. The van der Waals surface area contributed by atoms with Gasteiger partial charge in [0.15, 0.2) is 0 Å². The van der Waals surface area contributed by atoms with Gasteiger partial charge in [-0.2, -0.15) is 0 Å². The Morgan fingerprint density at radius 2 is 2.00 bits per heavy atom. The average Bonchev–Trinajstić information content (AvgIpc) is 3.03. The lowest BCUT2D eigenvalue weighted by molar-refractivity contribution is 0.0850. The quantitative estimate of drug-likeness (QED) is 0.823. The van der Waals surface area contributed by atoms with Crippen LogP contribution in [-0.4, -0.2) is 26.2 Å². The van der Waals surface area contributed by atoms with Gasteiger partial charge in [0.2, 0.25) is 0 Å². The highest BCUT2D eigenvalue weighted by molar-refractivity contribution is 5.73. The highest BCUT2D eigenvalue weighted by Crippen LogP contribution is 2.15. The van der Waals surface area contributed by atoms with Crippen LogP contribution in [0.4, 0.5) is 4.79 Å². The number of hydrogen-bond donors (Lipinski definition) is 2. The van der Waals surface area contributed by atoms with E-state index in [-0.39, 0.29) is 12.1 Å². The molecule has 0 saturated carbocycles. The SMILES string of the molecule is CO[C@@H](CNC(=O)NCCc1ccccc1)c1ccco1. The summed E-state index contributed by atoms with van der Waals surface area (Å²) < 4.78 is 10.5. The van der Waals surface area contributed by atoms with Gasteiger partial charge in [0.25, 0.3) is 0 Å². The van der Waals surface area contributed by atoms with Gasteiger partial charge in [-0.15, -0.1) is 0 Å². The van der Waals surface area contributed by atoms with Crippen LogP contribution in [0.2, 0.25) is 0 Å². The first-order chi connectivity index (χ1) is 10.3. The number of carbonyl (C=O) groups is 1. The predicted octanol–water partition coefficient (Wildman–Crippen LogP) is 2.51. The largest absolute Gasteiger partial charge is 0.467 e. The van der Waals surface area contributed by atoms with E-state index in [4.69, 9.17) is 9.15 Å². The molecule has 0 aliphatic rings. The lowest BCUT2D eigenvalue weighted by atomic mass is 10.1. The van der Waals surface area contributed by atoms with Crippen molar-refractivity contribution in [2.75, 3.05) is 20.2 Å². The van der Waals surface area contributed by atoms with Gasteiger partial charge in [0, 0.05) is 13.7 Å². The molecule has 0 spiro atoms. The van der Waals surface area contributed by atoms with Gasteiger partial charge in [-0.05, 0) is 24.1 Å². The first-order valence-corrected chi connectivity index (χ1v) is 6.91. The van der Waals surface area contributed by atoms with E-state index < -0.39 is 0 Å². The number of nitrogens with one attached hydrogen (secondary N) is 2. The van der Waals surface area contributed by atoms with Gasteiger partial charge in [-0.1, -0.05) is 30.3 Å². The lowest BCUT2D eigenvalue weighted by Gasteiger charge is -2.14. The summed E-state index contributed by atoms with van der Waals surface area (Å²) >= 11 is 0. The zero-order chi connectivity index (χ0) is 14.9. The number of benzene rings is 1. The van der Waals surface area contributed by atoms with Crippen LogP contribution in [0.1, 0.15) is 17.4 Å². The van der Waals surface area contributed by atoms with Crippen LogP contribution in [0.3, 0.4) is 0 Å². The zero-order valence-electron chi connectivity index (χ0n) is 12.0. The fraction of sp³-hybridized carbons (Fsp3) is 0.312. The molecule has 0 unspecified atom stereocenters. The Morgan fingerprint density at radius 1 is 1.19 bits per heavy atom. The molecule has 2 rings (SSSR count). The van der Waals surface area contributed by atoms with Crippen LogP contribution in [0.5, 0.6) is 0 Å². The van der Waals surface area contributed by atoms with Gasteiger partial charge in [0.1, 0.15) is 11.9 Å². The van der Waals surface area contributed by atoms with Crippen LogP contribution in [0.15, 0.2) is 53.1 Å². The molecule has 2 aromatic rings. The van der Waals surface area contributed by atoms with E-state index in [9.17, 15) is 4.79 Å². The molecule has 0 aliphatic carbocycles. The smallest absolute Gasteiger partial charge is 0.314 e. The summed E-state index contributed by atoms with van der Waals surface area (Å²) in [5.41, 5.74) is 1.20. The molecule has 0 bridgehead atoms. The zero-order valence-corrected chi connectivity index (χ0v) is 12.0. The summed E-state index contributed by atoms with van der Waals surface area (Å²) in [6.45, 7) is 0.954. The molecule has 5 heteroatoms. The van der Waals surface area contributed by atoms with Crippen molar-refractivity contribution in [3.63, 3.8) is 0 Å². The molecule has 1 aromatic heterocycles. The number of carbonyl (C=O) groups excluding carboxylic acids is 1. The van der Waals surface area contributed by atoms with E-state index >= 15 is 0 Å². The third-order valence-corrected chi connectivity index (χ3v) is 3.14. The Hall–Kier alpha value is -2.27. The van der Waals surface area contributed by atoms with Crippen LogP contribution in [0.25, 0.3) is 0 Å². The Balaban J connectivity index is 1.67. The molecule has 0 saturated heterocycles. The van der Waals surface area contributed by atoms with Gasteiger partial charge < -0.3 is 19.8 Å². The maximum atomic E-state index is 11.7. The molecule has 2 N–H and O–H groups in total. The molecule has 1 aromatic carbocycles. The Labute approximate surface area is 124 Å². The summed E-state index contributed by atoms with van der Waals surface area (Å²) in [5, 5.41) is 5.59. The van der Waals surface area contributed by atoms with Gasteiger partial charge in [-0.3, -0.25) is 0 Å². The number of rotatable bonds is 7. The van der Waals surface area contributed by atoms with E-state index in [0.29, 0.717) is 18.8 Å². The number of urea groups is 1. The van der Waals surface area contributed by atoms with Gasteiger partial charge in [-0.25, -0.2) is 4.79 Å². The van der Waals surface area contributed by atoms with Gasteiger partial charge >= 0.3 is 6.03 Å². The van der Waals surface area contributed by atoms with Crippen molar-refractivity contribution in [3.8, 4) is 0 Å². The van der Waals surface area contributed by atoms with Crippen molar-refractivity contribution in [1.82, 2.24) is 10.6 Å². The van der Waals surface area contributed by atoms with Crippen molar-refractivity contribution in [3.05, 3.63) is 60.1 Å². The second kappa shape index (κ2) is 8.11. The number of amides is 2. The molecule has 0 aliphatic heterocycles. The molecular weight excluding hydrogens is 268 g/mol. The maximum Gasteiger partial charge on any atom is 0.314 e. The standard InChI is InChI=1S/C16H20N2O3/c1-20-15(14-8-5-11-21-14)12-18-16(19)17-10-9-13-6-3-2-4-7-13/h2-8,11,15H,9-10,12H2,1H3,(H2,17,18,19)/t15-/m0/s1. The summed E-state index contributed by atoms with van der Waals surface area (Å²) in [6.07, 6.45) is 2.11. The van der Waals surface area contributed by atoms with Crippen LogP contribution >= 0.6 is 0 Å². The molecular formula is C16H20N2O3. The normalized spacial score (nSPS) is 11.9. The third kappa shape index (κ3) is 4.96. The lowest BCUT2D eigenvalue weighted by Crippen LogP contribution is -2.38. The number of hydrogen-bond acceptors (Lipinski definition) is 3. The highest BCUT2D eigenvalue weighted by Gasteiger charge is 2.14. The third-order valence-electron chi connectivity index (χ3n) is 3.14. The topological polar surface area (TPSA) is 63.5 Å². The summed E-state index contributed by atoms with van der Waals surface area (Å²) in [5.74, 6) is 0.696. The molecule has 112 valence electrons. The maximum absolute atomic E-state index is 11.7. The molecule has 1 heterocycles. The summed E-state index contributed by atoms with van der Waals surface area (Å²) in [4.78, 5) is 11.7. The van der Waals surface area contributed by atoms with Crippen LogP contribution < -0.4 is 10.6 Å². The van der Waals surface area contributed by atoms with Crippen molar-refractivity contribution < 1.29 is 13.9 Å². The minimum absolute atomic E-state index is 0.209. The molecule has 1 atom stereocenters. The molecule has 2 amide bonds. The van der Waals surface area contributed by atoms with E-state index in [2.05, 4.69) is 10.6 Å². The molecule has 0 radical (unpaired) electrons. The number of furan rings is 1. The van der Waals surface area contributed by atoms with E-state index in [1.54, 1.807) is 19.4 Å². The molecule has 0 fully saturated rings. The summed E-state index contributed by atoms with van der Waals surface area (Å²) in [6, 6.07) is 13.4. The molecule has 5 nitrogen and oxygen atoms in total. The van der Waals surface area contributed by atoms with Crippen LogP contribution in [-0.2, 0) is 11.2 Å². The van der Waals surface area contributed by atoms with Crippen molar-refractivity contribution in [2.45, 2.75) is 12.5 Å². The highest BCUT2D eigenvalue weighted by atomic mass is 16.5. The first kappa shape index (κ1) is 15.1. The molecule has 21 heavy (non-hydrogen) atoms. The average molecular weight is 288 g/mol.